The van der Waals surface area contributed by atoms with Crippen LogP contribution in [0.15, 0.2) is 66.7 Å². The molecule has 0 aromatic heterocycles. The fourth-order valence-electron chi connectivity index (χ4n) is 3.81. The van der Waals surface area contributed by atoms with Crippen molar-refractivity contribution in [2.45, 2.75) is 24.0 Å². The maximum absolute atomic E-state index is 12.7. The Balaban J connectivity index is 1.34. The Morgan fingerprint density at radius 3 is 2.33 bits per heavy atom. The molecule has 1 saturated heterocycles. The number of piperazine rings is 1. The average Bonchev–Trinajstić information content (AvgIpc) is 2.76. The van der Waals surface area contributed by atoms with Crippen LogP contribution in [0.25, 0.3) is 0 Å². The summed E-state index contributed by atoms with van der Waals surface area (Å²) in [7, 11) is -1.10. The Morgan fingerprint density at radius 2 is 1.67 bits per heavy atom. The van der Waals surface area contributed by atoms with E-state index in [4.69, 9.17) is 0 Å². The van der Waals surface area contributed by atoms with Gasteiger partial charge in [-0.1, -0.05) is 42.5 Å². The van der Waals surface area contributed by atoms with Crippen molar-refractivity contribution in [3.05, 3.63) is 72.3 Å². The van der Waals surface area contributed by atoms with Crippen molar-refractivity contribution in [3.63, 3.8) is 0 Å². The molecule has 0 bridgehead atoms. The van der Waals surface area contributed by atoms with E-state index in [1.807, 2.05) is 18.2 Å². The summed E-state index contributed by atoms with van der Waals surface area (Å²) in [5, 5.41) is 3.44. The summed E-state index contributed by atoms with van der Waals surface area (Å²) in [6.45, 7) is 4.13. The van der Waals surface area contributed by atoms with Gasteiger partial charge in [0.15, 0.2) is 0 Å². The third-order valence-electron chi connectivity index (χ3n) is 5.39. The zero-order valence-corrected chi connectivity index (χ0v) is 16.3. The Hall–Kier alpha value is -2.11. The third-order valence-corrected chi connectivity index (χ3v) is 6.77. The fraction of sp³-hybridized carbons (Fsp3) is 0.364. The molecule has 0 saturated carbocycles. The van der Waals surface area contributed by atoms with Crippen LogP contribution in [0, 0.1) is 0 Å². The van der Waals surface area contributed by atoms with E-state index >= 15 is 0 Å². The lowest BCUT2D eigenvalue weighted by atomic mass is 9.89. The van der Waals surface area contributed by atoms with Crippen molar-refractivity contribution in [3.8, 4) is 0 Å². The first-order chi connectivity index (χ1) is 13.3. The largest absolute Gasteiger partial charge is 0.369 e. The minimum Gasteiger partial charge on any atom is -0.369 e. The summed E-state index contributed by atoms with van der Waals surface area (Å²) in [6, 6.07) is 18.9. The SMILES string of the molecule is O=S(Nc1ccc(N2CCNCC2)cc1)C1C=CC(c2ccccc2)CC1. The van der Waals surface area contributed by atoms with Crippen molar-refractivity contribution >= 4 is 22.4 Å². The second-order valence-corrected chi connectivity index (χ2v) is 8.61. The summed E-state index contributed by atoms with van der Waals surface area (Å²) in [5.74, 6) is 0.442. The number of hydrogen-bond donors (Lipinski definition) is 2. The van der Waals surface area contributed by atoms with Crippen molar-refractivity contribution in [2.75, 3.05) is 35.8 Å². The van der Waals surface area contributed by atoms with E-state index in [1.165, 1.54) is 11.3 Å². The molecule has 2 aromatic carbocycles. The van der Waals surface area contributed by atoms with E-state index < -0.39 is 11.0 Å². The molecule has 2 N–H and O–H groups in total. The van der Waals surface area contributed by atoms with Gasteiger partial charge in [-0.15, -0.1) is 0 Å². The summed E-state index contributed by atoms with van der Waals surface area (Å²) in [5.41, 5.74) is 3.50. The molecule has 0 radical (unpaired) electrons. The Labute approximate surface area is 164 Å². The highest BCUT2D eigenvalue weighted by molar-refractivity contribution is 7.87. The lowest BCUT2D eigenvalue weighted by Gasteiger charge is -2.29. The molecule has 2 aliphatic rings. The molecule has 142 valence electrons. The van der Waals surface area contributed by atoms with Crippen LogP contribution in [0.2, 0.25) is 0 Å². The molecular formula is C22H27N3OS. The fourth-order valence-corrected chi connectivity index (χ4v) is 4.91. The van der Waals surface area contributed by atoms with E-state index in [0.717, 1.165) is 44.7 Å². The van der Waals surface area contributed by atoms with Crippen LogP contribution in [-0.2, 0) is 11.0 Å². The summed E-state index contributed by atoms with van der Waals surface area (Å²) < 4.78 is 15.9. The van der Waals surface area contributed by atoms with Crippen LogP contribution in [0.1, 0.15) is 24.3 Å². The van der Waals surface area contributed by atoms with Gasteiger partial charge in [-0.05, 0) is 42.7 Å². The minimum absolute atomic E-state index is 0.0674. The molecule has 1 heterocycles. The van der Waals surface area contributed by atoms with E-state index in [2.05, 4.69) is 63.5 Å². The average molecular weight is 382 g/mol. The lowest BCUT2D eigenvalue weighted by molar-refractivity contribution is 0.589. The number of rotatable bonds is 5. The Morgan fingerprint density at radius 1 is 0.926 bits per heavy atom. The van der Waals surface area contributed by atoms with E-state index in [0.29, 0.717) is 5.92 Å². The summed E-state index contributed by atoms with van der Waals surface area (Å²) in [4.78, 5) is 2.38. The van der Waals surface area contributed by atoms with Crippen molar-refractivity contribution < 1.29 is 4.21 Å². The van der Waals surface area contributed by atoms with Crippen LogP contribution < -0.4 is 14.9 Å². The first-order valence-corrected chi connectivity index (χ1v) is 11.0. The molecule has 0 amide bonds. The summed E-state index contributed by atoms with van der Waals surface area (Å²) in [6.07, 6.45) is 6.32. The van der Waals surface area contributed by atoms with Crippen molar-refractivity contribution in [1.29, 1.82) is 0 Å². The van der Waals surface area contributed by atoms with Gasteiger partial charge in [0.2, 0.25) is 0 Å². The molecule has 4 rings (SSSR count). The number of nitrogens with one attached hydrogen (secondary N) is 2. The van der Waals surface area contributed by atoms with Gasteiger partial charge < -0.3 is 14.9 Å². The Bertz CT molecular complexity index is 785. The maximum Gasteiger partial charge on any atom is 0.124 e. The first kappa shape index (κ1) is 18.3. The predicted molar refractivity (Wildman–Crippen MR) is 115 cm³/mol. The predicted octanol–water partition coefficient (Wildman–Crippen LogP) is 3.67. The topological polar surface area (TPSA) is 44.4 Å². The molecule has 2 aromatic rings. The number of hydrogen-bond acceptors (Lipinski definition) is 3. The van der Waals surface area contributed by atoms with Gasteiger partial charge in [0.25, 0.3) is 0 Å². The minimum atomic E-state index is -1.10. The molecule has 1 aliphatic carbocycles. The molecule has 1 aliphatic heterocycles. The zero-order chi connectivity index (χ0) is 18.5. The highest BCUT2D eigenvalue weighted by Crippen LogP contribution is 2.30. The van der Waals surface area contributed by atoms with E-state index in [-0.39, 0.29) is 5.25 Å². The quantitative estimate of drug-likeness (QED) is 0.777. The smallest absolute Gasteiger partial charge is 0.124 e. The van der Waals surface area contributed by atoms with E-state index in [1.54, 1.807) is 0 Å². The van der Waals surface area contributed by atoms with Gasteiger partial charge in [-0.25, -0.2) is 4.21 Å². The molecule has 1 fully saturated rings. The van der Waals surface area contributed by atoms with Crippen LogP contribution in [0.3, 0.4) is 0 Å². The van der Waals surface area contributed by atoms with Crippen LogP contribution in [0.4, 0.5) is 11.4 Å². The van der Waals surface area contributed by atoms with Gasteiger partial charge in [0, 0.05) is 43.5 Å². The molecule has 4 nitrogen and oxygen atoms in total. The normalized spacial score (nSPS) is 23.8. The van der Waals surface area contributed by atoms with Gasteiger partial charge in [-0.2, -0.15) is 0 Å². The number of benzene rings is 2. The molecule has 0 spiro atoms. The molecule has 3 atom stereocenters. The number of anilines is 2. The van der Waals surface area contributed by atoms with Gasteiger partial charge in [-0.3, -0.25) is 0 Å². The van der Waals surface area contributed by atoms with Crippen LogP contribution in [-0.4, -0.2) is 35.6 Å². The monoisotopic (exact) mass is 381 g/mol. The third kappa shape index (κ3) is 4.60. The lowest BCUT2D eigenvalue weighted by Crippen LogP contribution is -2.43. The summed E-state index contributed by atoms with van der Waals surface area (Å²) >= 11 is 0. The van der Waals surface area contributed by atoms with Gasteiger partial charge in [0.1, 0.15) is 11.0 Å². The second kappa shape index (κ2) is 8.72. The molecule has 27 heavy (non-hydrogen) atoms. The van der Waals surface area contributed by atoms with Gasteiger partial charge in [0.05, 0.1) is 5.25 Å². The van der Waals surface area contributed by atoms with Crippen LogP contribution >= 0.6 is 0 Å². The van der Waals surface area contributed by atoms with Gasteiger partial charge >= 0.3 is 0 Å². The highest BCUT2D eigenvalue weighted by atomic mass is 32.2. The number of allylic oxidation sites excluding steroid dienone is 1. The Kier molecular flexibility index (Phi) is 5.90. The standard InChI is InChI=1S/C22H27N3OS/c26-27(22-12-6-19(7-13-22)18-4-2-1-3-5-18)24-20-8-10-21(11-9-20)25-16-14-23-15-17-25/h1-6,8-12,19,22-24H,7,13-17H2. The van der Waals surface area contributed by atoms with Crippen molar-refractivity contribution in [2.24, 2.45) is 0 Å². The molecule has 5 heteroatoms. The maximum atomic E-state index is 12.7. The highest BCUT2D eigenvalue weighted by Gasteiger charge is 2.21. The molecular weight excluding hydrogens is 354 g/mol. The van der Waals surface area contributed by atoms with E-state index in [9.17, 15) is 4.21 Å². The number of nitrogens with zero attached hydrogens (tertiary/aromatic N) is 1. The first-order valence-electron chi connectivity index (χ1n) is 9.76. The molecule has 3 unspecified atom stereocenters. The zero-order valence-electron chi connectivity index (χ0n) is 15.5. The van der Waals surface area contributed by atoms with Crippen LogP contribution in [0.5, 0.6) is 0 Å². The second-order valence-electron chi connectivity index (χ2n) is 7.20. The van der Waals surface area contributed by atoms with Crippen molar-refractivity contribution in [1.82, 2.24) is 5.32 Å².